The van der Waals surface area contributed by atoms with Crippen molar-refractivity contribution in [2.75, 3.05) is 5.32 Å². The summed E-state index contributed by atoms with van der Waals surface area (Å²) in [6.07, 6.45) is 1.32. The number of hydrogen-bond acceptors (Lipinski definition) is 4. The molecule has 28 heavy (non-hydrogen) atoms. The lowest BCUT2D eigenvalue weighted by molar-refractivity contribution is 0.0967. The Hall–Kier alpha value is -3.16. The standard InChI is InChI=1S/C19H12Cl2FN3O3/c20-14-5-2-6-15(21)17(14)18(26)25-19(27)24-12-7-8-16(23-10-12)28-13-4-1-3-11(22)9-13/h1-10H,(H2,24,25,26,27). The van der Waals surface area contributed by atoms with Gasteiger partial charge in [0.25, 0.3) is 5.91 Å². The fourth-order valence-corrected chi connectivity index (χ4v) is 2.78. The van der Waals surface area contributed by atoms with E-state index in [1.165, 1.54) is 48.7 Å². The van der Waals surface area contributed by atoms with E-state index in [1.807, 2.05) is 0 Å². The number of urea groups is 1. The van der Waals surface area contributed by atoms with Crippen LogP contribution in [0.25, 0.3) is 0 Å². The lowest BCUT2D eigenvalue weighted by atomic mass is 10.2. The van der Waals surface area contributed by atoms with E-state index in [-0.39, 0.29) is 27.2 Å². The maximum absolute atomic E-state index is 13.2. The Bertz CT molecular complexity index is 1010. The predicted octanol–water partition coefficient (Wildman–Crippen LogP) is 5.28. The molecule has 0 aliphatic heterocycles. The summed E-state index contributed by atoms with van der Waals surface area (Å²) < 4.78 is 18.6. The minimum absolute atomic E-state index is 0.00190. The molecule has 9 heteroatoms. The molecule has 3 rings (SSSR count). The number of nitrogens with one attached hydrogen (secondary N) is 2. The Morgan fingerprint density at radius 3 is 2.36 bits per heavy atom. The van der Waals surface area contributed by atoms with Crippen molar-refractivity contribution in [2.45, 2.75) is 0 Å². The van der Waals surface area contributed by atoms with Crippen LogP contribution in [0.1, 0.15) is 10.4 Å². The zero-order valence-electron chi connectivity index (χ0n) is 14.1. The number of carbonyl (C=O) groups excluding carboxylic acids is 2. The van der Waals surface area contributed by atoms with Gasteiger partial charge in [0, 0.05) is 12.1 Å². The molecule has 0 unspecified atom stereocenters. The molecule has 0 bridgehead atoms. The summed E-state index contributed by atoms with van der Waals surface area (Å²) in [5, 5.41) is 4.82. The average molecular weight is 420 g/mol. The van der Waals surface area contributed by atoms with Gasteiger partial charge in [0.15, 0.2) is 0 Å². The summed E-state index contributed by atoms with van der Waals surface area (Å²) >= 11 is 11.9. The Labute approximate surface area is 169 Å². The van der Waals surface area contributed by atoms with Crippen molar-refractivity contribution in [2.24, 2.45) is 0 Å². The average Bonchev–Trinajstić information content (AvgIpc) is 2.63. The second-order valence-electron chi connectivity index (χ2n) is 5.45. The van der Waals surface area contributed by atoms with Gasteiger partial charge < -0.3 is 10.1 Å². The molecule has 1 aromatic heterocycles. The van der Waals surface area contributed by atoms with Crippen molar-refractivity contribution in [3.8, 4) is 11.6 Å². The monoisotopic (exact) mass is 419 g/mol. The number of rotatable bonds is 4. The molecule has 0 aliphatic carbocycles. The molecule has 0 spiro atoms. The normalized spacial score (nSPS) is 10.2. The molecule has 142 valence electrons. The van der Waals surface area contributed by atoms with E-state index in [1.54, 1.807) is 12.1 Å². The smallest absolute Gasteiger partial charge is 0.326 e. The van der Waals surface area contributed by atoms with Crippen molar-refractivity contribution < 1.29 is 18.7 Å². The summed E-state index contributed by atoms with van der Waals surface area (Å²) in [5.74, 6) is -0.688. The van der Waals surface area contributed by atoms with Crippen molar-refractivity contribution in [3.05, 3.63) is 82.2 Å². The van der Waals surface area contributed by atoms with Gasteiger partial charge in [-0.15, -0.1) is 0 Å². The Kier molecular flexibility index (Phi) is 6.08. The number of benzene rings is 2. The number of halogens is 3. The van der Waals surface area contributed by atoms with Gasteiger partial charge in [-0.2, -0.15) is 0 Å². The van der Waals surface area contributed by atoms with Crippen LogP contribution in [0.3, 0.4) is 0 Å². The molecule has 0 atom stereocenters. The summed E-state index contributed by atoms with van der Waals surface area (Å²) in [6, 6.07) is 12.4. The topological polar surface area (TPSA) is 80.3 Å². The third-order valence-electron chi connectivity index (χ3n) is 3.43. The van der Waals surface area contributed by atoms with Gasteiger partial charge in [-0.25, -0.2) is 14.2 Å². The van der Waals surface area contributed by atoms with E-state index >= 15 is 0 Å². The Balaban J connectivity index is 1.60. The summed E-state index contributed by atoms with van der Waals surface area (Å²) in [7, 11) is 0. The number of hydrogen-bond donors (Lipinski definition) is 2. The fraction of sp³-hybridized carbons (Fsp3) is 0. The van der Waals surface area contributed by atoms with Crippen LogP contribution in [-0.2, 0) is 0 Å². The van der Waals surface area contributed by atoms with E-state index in [2.05, 4.69) is 15.6 Å². The minimum Gasteiger partial charge on any atom is -0.439 e. The Morgan fingerprint density at radius 1 is 1.00 bits per heavy atom. The highest BCUT2D eigenvalue weighted by molar-refractivity contribution is 6.40. The first kappa shape index (κ1) is 19.6. The summed E-state index contributed by atoms with van der Waals surface area (Å²) in [4.78, 5) is 28.2. The first-order valence-electron chi connectivity index (χ1n) is 7.88. The minimum atomic E-state index is -0.790. The number of imide groups is 1. The van der Waals surface area contributed by atoms with Crippen molar-refractivity contribution in [1.82, 2.24) is 10.3 Å². The molecule has 0 fully saturated rings. The molecule has 0 radical (unpaired) electrons. The number of pyridine rings is 1. The summed E-state index contributed by atoms with van der Waals surface area (Å²) in [6.45, 7) is 0. The number of carbonyl (C=O) groups is 2. The van der Waals surface area contributed by atoms with Gasteiger partial charge in [0.2, 0.25) is 5.88 Å². The molecular weight excluding hydrogens is 408 g/mol. The highest BCUT2D eigenvalue weighted by Crippen LogP contribution is 2.24. The fourth-order valence-electron chi connectivity index (χ4n) is 2.21. The van der Waals surface area contributed by atoms with E-state index in [4.69, 9.17) is 27.9 Å². The first-order chi connectivity index (χ1) is 13.4. The number of anilines is 1. The summed E-state index contributed by atoms with van der Waals surface area (Å²) in [5.41, 5.74) is 0.306. The van der Waals surface area contributed by atoms with Crippen LogP contribution in [-0.4, -0.2) is 16.9 Å². The van der Waals surface area contributed by atoms with Crippen LogP contribution in [0.5, 0.6) is 11.6 Å². The second-order valence-corrected chi connectivity index (χ2v) is 6.26. The van der Waals surface area contributed by atoms with Gasteiger partial charge in [-0.05, 0) is 30.3 Å². The number of nitrogens with zero attached hydrogens (tertiary/aromatic N) is 1. The van der Waals surface area contributed by atoms with E-state index in [9.17, 15) is 14.0 Å². The SMILES string of the molecule is O=C(NC(=O)c1c(Cl)cccc1Cl)Nc1ccc(Oc2cccc(F)c2)nc1. The van der Waals surface area contributed by atoms with Gasteiger partial charge in [-0.3, -0.25) is 10.1 Å². The molecule has 6 nitrogen and oxygen atoms in total. The van der Waals surface area contributed by atoms with Crippen LogP contribution < -0.4 is 15.4 Å². The number of ether oxygens (including phenoxy) is 1. The van der Waals surface area contributed by atoms with Crippen molar-refractivity contribution in [3.63, 3.8) is 0 Å². The molecule has 0 saturated heterocycles. The molecule has 2 N–H and O–H groups in total. The quantitative estimate of drug-likeness (QED) is 0.602. The zero-order chi connectivity index (χ0) is 20.1. The Morgan fingerprint density at radius 2 is 1.71 bits per heavy atom. The van der Waals surface area contributed by atoms with Gasteiger partial charge in [0.1, 0.15) is 11.6 Å². The molecule has 0 aliphatic rings. The van der Waals surface area contributed by atoms with Crippen LogP contribution in [0.2, 0.25) is 10.0 Å². The first-order valence-corrected chi connectivity index (χ1v) is 8.64. The maximum Gasteiger partial charge on any atom is 0.326 e. The van der Waals surface area contributed by atoms with Crippen molar-refractivity contribution >= 4 is 40.8 Å². The lowest BCUT2D eigenvalue weighted by Gasteiger charge is -2.09. The van der Waals surface area contributed by atoms with Crippen LogP contribution >= 0.6 is 23.2 Å². The van der Waals surface area contributed by atoms with Gasteiger partial charge in [-0.1, -0.05) is 35.3 Å². The van der Waals surface area contributed by atoms with E-state index < -0.39 is 17.8 Å². The molecule has 3 amide bonds. The van der Waals surface area contributed by atoms with Crippen LogP contribution in [0.15, 0.2) is 60.8 Å². The maximum atomic E-state index is 13.2. The molecule has 3 aromatic rings. The van der Waals surface area contributed by atoms with Crippen molar-refractivity contribution in [1.29, 1.82) is 0 Å². The molecule has 2 aromatic carbocycles. The van der Waals surface area contributed by atoms with E-state index in [0.717, 1.165) is 0 Å². The van der Waals surface area contributed by atoms with Gasteiger partial charge in [0.05, 0.1) is 27.5 Å². The van der Waals surface area contributed by atoms with Crippen LogP contribution in [0, 0.1) is 5.82 Å². The highest BCUT2D eigenvalue weighted by Gasteiger charge is 2.17. The zero-order valence-corrected chi connectivity index (χ0v) is 15.6. The molecular formula is C19H12Cl2FN3O3. The van der Waals surface area contributed by atoms with E-state index in [0.29, 0.717) is 5.69 Å². The predicted molar refractivity (Wildman–Crippen MR) is 104 cm³/mol. The largest absolute Gasteiger partial charge is 0.439 e. The number of amides is 3. The second kappa shape index (κ2) is 8.69. The van der Waals surface area contributed by atoms with Gasteiger partial charge >= 0.3 is 6.03 Å². The highest BCUT2D eigenvalue weighted by atomic mass is 35.5. The molecule has 0 saturated carbocycles. The van der Waals surface area contributed by atoms with Crippen LogP contribution in [0.4, 0.5) is 14.9 Å². The molecule has 1 heterocycles. The third-order valence-corrected chi connectivity index (χ3v) is 4.06. The lowest BCUT2D eigenvalue weighted by Crippen LogP contribution is -2.34. The third kappa shape index (κ3) is 4.97. The number of aromatic nitrogens is 1.